The summed E-state index contributed by atoms with van der Waals surface area (Å²) in [6.45, 7) is 10.4. The van der Waals surface area contributed by atoms with E-state index in [4.69, 9.17) is 5.73 Å². The molecule has 0 saturated carbocycles. The Morgan fingerprint density at radius 2 is 1.17 bits per heavy atom. The molecule has 138 valence electrons. The lowest BCUT2D eigenvalue weighted by Gasteiger charge is -2.31. The first-order valence-corrected chi connectivity index (χ1v) is 7.48. The van der Waals surface area contributed by atoms with Crippen LogP contribution in [0.3, 0.4) is 0 Å². The first-order chi connectivity index (χ1) is 10.4. The molecule has 1 rings (SSSR count). The van der Waals surface area contributed by atoms with Crippen molar-refractivity contribution in [3.05, 3.63) is 28.8 Å². The number of rotatable bonds is 2. The van der Waals surface area contributed by atoms with Gasteiger partial charge >= 0.3 is 12.1 Å². The van der Waals surface area contributed by atoms with Gasteiger partial charge in [-0.2, -0.15) is 22.0 Å². The molecule has 0 amide bonds. The third-order valence-electron chi connectivity index (χ3n) is 3.88. The molecule has 24 heavy (non-hydrogen) atoms. The third-order valence-corrected chi connectivity index (χ3v) is 3.88. The minimum Gasteiger partial charge on any atom is -0.507 e. The van der Waals surface area contributed by atoms with Gasteiger partial charge in [0, 0.05) is 0 Å². The number of alkyl halides is 5. The maximum absolute atomic E-state index is 13.7. The van der Waals surface area contributed by atoms with Crippen LogP contribution < -0.4 is 5.73 Å². The largest absolute Gasteiger partial charge is 0.507 e. The first-order valence-electron chi connectivity index (χ1n) is 7.48. The Hall–Kier alpha value is -1.37. The summed E-state index contributed by atoms with van der Waals surface area (Å²) in [4.78, 5) is 0. The highest BCUT2D eigenvalue weighted by atomic mass is 19.4. The van der Waals surface area contributed by atoms with Crippen LogP contribution >= 0.6 is 0 Å². The van der Waals surface area contributed by atoms with Crippen molar-refractivity contribution in [3.8, 4) is 5.75 Å². The number of hydrogen-bond donors (Lipinski definition) is 2. The van der Waals surface area contributed by atoms with Crippen molar-refractivity contribution in [1.29, 1.82) is 0 Å². The van der Waals surface area contributed by atoms with Crippen molar-refractivity contribution >= 4 is 0 Å². The van der Waals surface area contributed by atoms with Gasteiger partial charge in [-0.1, -0.05) is 41.5 Å². The highest BCUT2D eigenvalue weighted by Gasteiger charge is 2.61. The number of phenolic OH excluding ortho intramolecular Hbond substituents is 1. The molecule has 0 aromatic heterocycles. The van der Waals surface area contributed by atoms with Crippen LogP contribution in [0.2, 0.25) is 0 Å². The molecule has 7 heteroatoms. The summed E-state index contributed by atoms with van der Waals surface area (Å²) in [6.07, 6.45) is -5.76. The van der Waals surface area contributed by atoms with Crippen LogP contribution in [0.25, 0.3) is 0 Å². The molecule has 0 aliphatic heterocycles. The average Bonchev–Trinajstić information content (AvgIpc) is 2.33. The molecule has 0 saturated heterocycles. The van der Waals surface area contributed by atoms with Crippen LogP contribution in [0.5, 0.6) is 5.75 Å². The smallest absolute Gasteiger partial charge is 0.455 e. The lowest BCUT2D eigenvalue weighted by molar-refractivity contribution is -0.291. The van der Waals surface area contributed by atoms with Crippen molar-refractivity contribution in [1.82, 2.24) is 0 Å². The molecule has 0 heterocycles. The number of aromatic hydroxyl groups is 1. The van der Waals surface area contributed by atoms with Gasteiger partial charge in [0.05, 0.1) is 0 Å². The van der Waals surface area contributed by atoms with E-state index in [1.165, 1.54) is 0 Å². The topological polar surface area (TPSA) is 46.2 Å². The number of phenols is 1. The second-order valence-electron chi connectivity index (χ2n) is 8.06. The number of halogens is 5. The van der Waals surface area contributed by atoms with E-state index in [1.807, 2.05) is 0 Å². The fourth-order valence-electron chi connectivity index (χ4n) is 2.37. The predicted octanol–water partition coefficient (Wildman–Crippen LogP) is 5.18. The molecule has 0 spiro atoms. The highest BCUT2D eigenvalue weighted by Crippen LogP contribution is 2.46. The SMILES string of the molecule is CC(C)(C)c1cc([C@@H](N)C(F)(F)C(F)(F)F)cc(C(C)(C)C)c1O. The maximum Gasteiger partial charge on any atom is 0.455 e. The monoisotopic (exact) mass is 353 g/mol. The summed E-state index contributed by atoms with van der Waals surface area (Å²) >= 11 is 0. The number of benzene rings is 1. The Labute approximate surface area is 138 Å². The minimum atomic E-state index is -5.76. The predicted molar refractivity (Wildman–Crippen MR) is 83.4 cm³/mol. The van der Waals surface area contributed by atoms with Gasteiger partial charge in [0.15, 0.2) is 0 Å². The van der Waals surface area contributed by atoms with Gasteiger partial charge in [-0.25, -0.2) is 0 Å². The van der Waals surface area contributed by atoms with Gasteiger partial charge in [0.25, 0.3) is 0 Å². The van der Waals surface area contributed by atoms with Gasteiger partial charge < -0.3 is 10.8 Å². The molecule has 0 unspecified atom stereocenters. The molecule has 0 radical (unpaired) electrons. The molecular weight excluding hydrogens is 329 g/mol. The Morgan fingerprint density at radius 3 is 1.42 bits per heavy atom. The normalized spacial score (nSPS) is 15.5. The zero-order valence-electron chi connectivity index (χ0n) is 14.6. The van der Waals surface area contributed by atoms with Gasteiger partial charge in [-0.3, -0.25) is 0 Å². The summed E-state index contributed by atoms with van der Waals surface area (Å²) in [5.74, 6) is -5.19. The molecule has 1 aromatic carbocycles. The molecule has 2 nitrogen and oxygen atoms in total. The Balaban J connectivity index is 3.67. The van der Waals surface area contributed by atoms with Crippen LogP contribution in [-0.2, 0) is 10.8 Å². The van der Waals surface area contributed by atoms with Gasteiger partial charge in [0.2, 0.25) is 0 Å². The zero-order chi connectivity index (χ0) is 19.3. The second-order valence-corrected chi connectivity index (χ2v) is 8.06. The molecule has 0 fully saturated rings. The van der Waals surface area contributed by atoms with Crippen molar-refractivity contribution in [3.63, 3.8) is 0 Å². The van der Waals surface area contributed by atoms with Crippen LogP contribution in [-0.4, -0.2) is 17.2 Å². The molecule has 0 aliphatic carbocycles. The summed E-state index contributed by atoms with van der Waals surface area (Å²) in [5, 5.41) is 10.5. The van der Waals surface area contributed by atoms with Crippen LogP contribution in [0.15, 0.2) is 12.1 Å². The fourth-order valence-corrected chi connectivity index (χ4v) is 2.37. The van der Waals surface area contributed by atoms with Gasteiger partial charge in [0.1, 0.15) is 11.8 Å². The van der Waals surface area contributed by atoms with E-state index in [-0.39, 0.29) is 22.4 Å². The van der Waals surface area contributed by atoms with Crippen LogP contribution in [0.4, 0.5) is 22.0 Å². The van der Waals surface area contributed by atoms with E-state index in [2.05, 4.69) is 0 Å². The van der Waals surface area contributed by atoms with E-state index >= 15 is 0 Å². The molecule has 1 aromatic rings. The zero-order valence-corrected chi connectivity index (χ0v) is 14.6. The Kier molecular flexibility index (Phi) is 5.05. The first kappa shape index (κ1) is 20.7. The summed E-state index contributed by atoms with van der Waals surface area (Å²) in [7, 11) is 0. The van der Waals surface area contributed by atoms with E-state index in [0.29, 0.717) is 0 Å². The van der Waals surface area contributed by atoms with Crippen LogP contribution in [0, 0.1) is 0 Å². The van der Waals surface area contributed by atoms with Crippen molar-refractivity contribution in [2.45, 2.75) is 70.5 Å². The van der Waals surface area contributed by atoms with E-state index in [0.717, 1.165) is 12.1 Å². The van der Waals surface area contributed by atoms with E-state index in [9.17, 15) is 27.1 Å². The van der Waals surface area contributed by atoms with Crippen molar-refractivity contribution < 1.29 is 27.1 Å². The second kappa shape index (κ2) is 5.86. The van der Waals surface area contributed by atoms with E-state index < -0.39 is 29.0 Å². The summed E-state index contributed by atoms with van der Waals surface area (Å²) in [6, 6.07) is -0.288. The molecule has 0 bridgehead atoms. The van der Waals surface area contributed by atoms with Crippen molar-refractivity contribution in [2.24, 2.45) is 5.73 Å². The molecule has 3 N–H and O–H groups in total. The number of hydrogen-bond acceptors (Lipinski definition) is 2. The lowest BCUT2D eigenvalue weighted by atomic mass is 9.77. The Bertz CT molecular complexity index is 574. The minimum absolute atomic E-state index is 0.110. The lowest BCUT2D eigenvalue weighted by Crippen LogP contribution is -2.46. The average molecular weight is 353 g/mol. The fraction of sp³-hybridized carbons (Fsp3) is 0.647. The van der Waals surface area contributed by atoms with E-state index in [1.54, 1.807) is 41.5 Å². The van der Waals surface area contributed by atoms with Gasteiger partial charge in [-0.05, 0) is 39.7 Å². The third kappa shape index (κ3) is 3.82. The molecule has 1 atom stereocenters. The molecular formula is C17H24F5NO. The molecule has 0 aliphatic rings. The summed E-state index contributed by atoms with van der Waals surface area (Å²) in [5.41, 5.74) is 4.16. The van der Waals surface area contributed by atoms with Gasteiger partial charge in [-0.15, -0.1) is 0 Å². The Morgan fingerprint density at radius 1 is 0.833 bits per heavy atom. The van der Waals surface area contributed by atoms with Crippen molar-refractivity contribution in [2.75, 3.05) is 0 Å². The standard InChI is InChI=1S/C17H24F5NO/c1-14(2,3)10-7-9(8-11(12(10)24)15(4,5)6)13(23)16(18,19)17(20,21)22/h7-8,13,24H,23H2,1-6H3/t13-/m1/s1. The summed E-state index contributed by atoms with van der Waals surface area (Å²) < 4.78 is 65.2. The quantitative estimate of drug-likeness (QED) is 0.719. The van der Waals surface area contributed by atoms with Crippen LogP contribution in [0.1, 0.15) is 64.3 Å². The number of nitrogens with two attached hydrogens (primary N) is 1. The highest BCUT2D eigenvalue weighted by molar-refractivity contribution is 5.50. The maximum atomic E-state index is 13.7.